The van der Waals surface area contributed by atoms with Crippen molar-refractivity contribution in [2.24, 2.45) is 0 Å². The molecule has 0 radical (unpaired) electrons. The lowest BCUT2D eigenvalue weighted by Gasteiger charge is -2.20. The van der Waals surface area contributed by atoms with Crippen LogP contribution in [0.3, 0.4) is 0 Å². The zero-order valence-electron chi connectivity index (χ0n) is 13.9. The second-order valence-corrected chi connectivity index (χ2v) is 6.79. The standard InChI is InChI=1S/C20H21NO3/c1-20(2,19(23)24)14-8-10-15(11-9-14)21-18(22)17-12-7-13-5-3-4-6-16(13)17/h3-6,8-11,17H,7,12H2,1-2H3,(H,21,22)(H,23,24). The molecule has 1 amide bonds. The smallest absolute Gasteiger partial charge is 0.313 e. The second kappa shape index (κ2) is 6.11. The van der Waals surface area contributed by atoms with Gasteiger partial charge in [-0.3, -0.25) is 9.59 Å². The lowest BCUT2D eigenvalue weighted by Crippen LogP contribution is -2.28. The summed E-state index contributed by atoms with van der Waals surface area (Å²) >= 11 is 0. The molecule has 4 nitrogen and oxygen atoms in total. The molecule has 4 heteroatoms. The number of fused-ring (bicyclic) bond motifs is 1. The van der Waals surface area contributed by atoms with Crippen LogP contribution in [0.2, 0.25) is 0 Å². The van der Waals surface area contributed by atoms with Gasteiger partial charge >= 0.3 is 5.97 Å². The molecule has 0 saturated carbocycles. The van der Waals surface area contributed by atoms with Crippen molar-refractivity contribution in [1.29, 1.82) is 0 Å². The molecule has 2 aromatic rings. The van der Waals surface area contributed by atoms with Crippen LogP contribution in [-0.2, 0) is 21.4 Å². The Kier molecular flexibility index (Phi) is 4.14. The maximum atomic E-state index is 12.6. The van der Waals surface area contributed by atoms with Gasteiger partial charge in [0.15, 0.2) is 0 Å². The number of carbonyl (C=O) groups is 2. The second-order valence-electron chi connectivity index (χ2n) is 6.79. The highest BCUT2D eigenvalue weighted by Gasteiger charge is 2.30. The number of carboxylic acid groups (broad SMARTS) is 1. The summed E-state index contributed by atoms with van der Waals surface area (Å²) in [5, 5.41) is 12.2. The number of hydrogen-bond acceptors (Lipinski definition) is 2. The molecule has 2 N–H and O–H groups in total. The molecule has 1 atom stereocenters. The van der Waals surface area contributed by atoms with Gasteiger partial charge in [0.2, 0.25) is 5.91 Å². The summed E-state index contributed by atoms with van der Waals surface area (Å²) in [7, 11) is 0. The first-order valence-corrected chi connectivity index (χ1v) is 8.12. The molecule has 1 aliphatic carbocycles. The summed E-state index contributed by atoms with van der Waals surface area (Å²) in [5.74, 6) is -0.997. The van der Waals surface area contributed by atoms with Crippen LogP contribution in [0.1, 0.15) is 42.9 Å². The first kappa shape index (κ1) is 16.2. The van der Waals surface area contributed by atoms with Crippen molar-refractivity contribution < 1.29 is 14.7 Å². The highest BCUT2D eigenvalue weighted by molar-refractivity contribution is 5.96. The van der Waals surface area contributed by atoms with Gasteiger partial charge in [-0.05, 0) is 55.5 Å². The minimum absolute atomic E-state index is 0.00908. The van der Waals surface area contributed by atoms with Gasteiger partial charge < -0.3 is 10.4 Å². The number of hydrogen-bond donors (Lipinski definition) is 2. The Morgan fingerprint density at radius 3 is 2.42 bits per heavy atom. The molecule has 1 unspecified atom stereocenters. The molecular formula is C20H21NO3. The Bertz CT molecular complexity index is 778. The summed E-state index contributed by atoms with van der Waals surface area (Å²) in [4.78, 5) is 23.9. The monoisotopic (exact) mass is 323 g/mol. The number of amides is 1. The maximum absolute atomic E-state index is 12.6. The minimum atomic E-state index is -0.951. The lowest BCUT2D eigenvalue weighted by molar-refractivity contribution is -0.142. The third-order valence-electron chi connectivity index (χ3n) is 4.86. The minimum Gasteiger partial charge on any atom is -0.481 e. The van der Waals surface area contributed by atoms with Crippen molar-refractivity contribution in [3.8, 4) is 0 Å². The highest BCUT2D eigenvalue weighted by Crippen LogP contribution is 2.34. The van der Waals surface area contributed by atoms with Gasteiger partial charge in [0.05, 0.1) is 11.3 Å². The molecule has 0 aromatic heterocycles. The maximum Gasteiger partial charge on any atom is 0.313 e. The van der Waals surface area contributed by atoms with Gasteiger partial charge in [-0.25, -0.2) is 0 Å². The predicted molar refractivity (Wildman–Crippen MR) is 93.2 cm³/mol. The first-order valence-electron chi connectivity index (χ1n) is 8.12. The number of carbonyl (C=O) groups excluding carboxylic acids is 1. The molecule has 1 aliphatic rings. The SMILES string of the molecule is CC(C)(C(=O)O)c1ccc(NC(=O)C2CCc3ccccc32)cc1. The molecule has 2 aromatic carbocycles. The fraction of sp³-hybridized carbons (Fsp3) is 0.300. The summed E-state index contributed by atoms with van der Waals surface area (Å²) in [5.41, 5.74) is 2.80. The third kappa shape index (κ3) is 2.92. The first-order chi connectivity index (χ1) is 11.4. The van der Waals surface area contributed by atoms with Gasteiger partial charge in [0.1, 0.15) is 0 Å². The Labute approximate surface area is 141 Å². The van der Waals surface area contributed by atoms with E-state index in [0.717, 1.165) is 18.4 Å². The van der Waals surface area contributed by atoms with Gasteiger partial charge in [-0.15, -0.1) is 0 Å². The number of carboxylic acids is 1. The summed E-state index contributed by atoms with van der Waals surface area (Å²) < 4.78 is 0. The van der Waals surface area contributed by atoms with Crippen LogP contribution in [-0.4, -0.2) is 17.0 Å². The molecule has 0 aliphatic heterocycles. The van der Waals surface area contributed by atoms with E-state index in [0.29, 0.717) is 11.3 Å². The van der Waals surface area contributed by atoms with Crippen molar-refractivity contribution >= 4 is 17.6 Å². The number of anilines is 1. The van der Waals surface area contributed by atoms with E-state index >= 15 is 0 Å². The predicted octanol–water partition coefficient (Wildman–Crippen LogP) is 3.72. The van der Waals surface area contributed by atoms with E-state index in [9.17, 15) is 14.7 Å². The van der Waals surface area contributed by atoms with Crippen molar-refractivity contribution in [2.75, 3.05) is 5.32 Å². The van der Waals surface area contributed by atoms with E-state index in [4.69, 9.17) is 0 Å². The van der Waals surface area contributed by atoms with Crippen LogP contribution >= 0.6 is 0 Å². The Balaban J connectivity index is 1.73. The van der Waals surface area contributed by atoms with E-state index in [1.165, 1.54) is 5.56 Å². The van der Waals surface area contributed by atoms with Gasteiger partial charge in [0, 0.05) is 5.69 Å². The van der Waals surface area contributed by atoms with E-state index in [2.05, 4.69) is 11.4 Å². The number of aliphatic carboxylic acids is 1. The van der Waals surface area contributed by atoms with Crippen LogP contribution in [0, 0.1) is 0 Å². The molecule has 0 bridgehead atoms. The molecule has 0 fully saturated rings. The Morgan fingerprint density at radius 1 is 1.08 bits per heavy atom. The van der Waals surface area contributed by atoms with Crippen LogP contribution in [0.15, 0.2) is 48.5 Å². The molecular weight excluding hydrogens is 302 g/mol. The van der Waals surface area contributed by atoms with Crippen LogP contribution in [0.25, 0.3) is 0 Å². The topological polar surface area (TPSA) is 66.4 Å². The van der Waals surface area contributed by atoms with Gasteiger partial charge in [0.25, 0.3) is 0 Å². The molecule has 3 rings (SSSR count). The van der Waals surface area contributed by atoms with Crippen molar-refractivity contribution in [3.05, 3.63) is 65.2 Å². The summed E-state index contributed by atoms with van der Waals surface area (Å²) in [6.45, 7) is 3.33. The Morgan fingerprint density at radius 2 is 1.75 bits per heavy atom. The highest BCUT2D eigenvalue weighted by atomic mass is 16.4. The molecule has 124 valence electrons. The fourth-order valence-electron chi connectivity index (χ4n) is 3.15. The normalized spacial score (nSPS) is 16.5. The van der Waals surface area contributed by atoms with Crippen LogP contribution < -0.4 is 5.32 Å². The lowest BCUT2D eigenvalue weighted by atomic mass is 9.85. The molecule has 24 heavy (non-hydrogen) atoms. The van der Waals surface area contributed by atoms with E-state index in [1.54, 1.807) is 38.1 Å². The summed E-state index contributed by atoms with van der Waals surface area (Å²) in [6, 6.07) is 15.1. The molecule has 0 saturated heterocycles. The molecule has 0 heterocycles. The van der Waals surface area contributed by atoms with E-state index < -0.39 is 11.4 Å². The zero-order valence-corrected chi connectivity index (χ0v) is 13.9. The van der Waals surface area contributed by atoms with Crippen LogP contribution in [0.5, 0.6) is 0 Å². The quantitative estimate of drug-likeness (QED) is 0.901. The van der Waals surface area contributed by atoms with Gasteiger partial charge in [-0.1, -0.05) is 36.4 Å². The Hall–Kier alpha value is -2.62. The average molecular weight is 323 g/mol. The van der Waals surface area contributed by atoms with Gasteiger partial charge in [-0.2, -0.15) is 0 Å². The fourth-order valence-corrected chi connectivity index (χ4v) is 3.15. The zero-order chi connectivity index (χ0) is 17.3. The number of benzene rings is 2. The van der Waals surface area contributed by atoms with E-state index in [-0.39, 0.29) is 11.8 Å². The average Bonchev–Trinajstić information content (AvgIpc) is 2.99. The number of nitrogens with one attached hydrogen (secondary N) is 1. The van der Waals surface area contributed by atoms with E-state index in [1.807, 2.05) is 18.2 Å². The largest absolute Gasteiger partial charge is 0.481 e. The molecule has 0 spiro atoms. The number of rotatable bonds is 4. The van der Waals surface area contributed by atoms with Crippen molar-refractivity contribution in [2.45, 2.75) is 38.0 Å². The van der Waals surface area contributed by atoms with Crippen LogP contribution in [0.4, 0.5) is 5.69 Å². The summed E-state index contributed by atoms with van der Waals surface area (Å²) in [6.07, 6.45) is 1.76. The van der Waals surface area contributed by atoms with Crippen molar-refractivity contribution in [3.63, 3.8) is 0 Å². The number of aryl methyl sites for hydroxylation is 1. The van der Waals surface area contributed by atoms with Crippen molar-refractivity contribution in [1.82, 2.24) is 0 Å². The third-order valence-corrected chi connectivity index (χ3v) is 4.86.